The van der Waals surface area contributed by atoms with Crippen molar-refractivity contribution in [3.8, 4) is 11.3 Å². The molecule has 0 aliphatic rings. The third-order valence-corrected chi connectivity index (χ3v) is 7.28. The minimum absolute atomic E-state index is 0.0443. The number of rotatable bonds is 7. The third kappa shape index (κ3) is 4.79. The fourth-order valence-electron chi connectivity index (χ4n) is 3.90. The average molecular weight is 498 g/mol. The lowest BCUT2D eigenvalue weighted by Gasteiger charge is -2.28. The summed E-state index contributed by atoms with van der Waals surface area (Å²) in [5.74, 6) is 0.0443. The lowest BCUT2D eigenvalue weighted by Crippen LogP contribution is -2.34. The molecule has 160 valence electrons. The Hall–Kier alpha value is -2.35. The smallest absolute Gasteiger partial charge is 0.167 e. The molecule has 4 aromatic rings. The molecule has 1 unspecified atom stereocenters. The second kappa shape index (κ2) is 9.02. The Kier molecular flexibility index (Phi) is 6.36. The van der Waals surface area contributed by atoms with E-state index >= 15 is 0 Å². The first-order valence-electron chi connectivity index (χ1n) is 10.1. The van der Waals surface area contributed by atoms with Crippen LogP contribution in [0, 0.1) is 0 Å². The van der Waals surface area contributed by atoms with Crippen LogP contribution in [-0.4, -0.2) is 19.1 Å². The van der Waals surface area contributed by atoms with Crippen molar-refractivity contribution in [1.29, 1.82) is 0 Å². The maximum atomic E-state index is 12.3. The van der Waals surface area contributed by atoms with Gasteiger partial charge in [-0.15, -0.1) is 0 Å². The molecule has 5 nitrogen and oxygen atoms in total. The highest BCUT2D eigenvalue weighted by Gasteiger charge is 2.31. The van der Waals surface area contributed by atoms with Crippen LogP contribution < -0.4 is 5.14 Å². The van der Waals surface area contributed by atoms with Crippen molar-refractivity contribution in [2.45, 2.75) is 37.4 Å². The van der Waals surface area contributed by atoms with Crippen LogP contribution in [0.5, 0.6) is 0 Å². The molecule has 0 bridgehead atoms. The van der Waals surface area contributed by atoms with Crippen molar-refractivity contribution in [3.63, 3.8) is 0 Å². The van der Waals surface area contributed by atoms with E-state index in [1.54, 1.807) is 6.20 Å². The Balaban J connectivity index is 1.81. The summed E-state index contributed by atoms with van der Waals surface area (Å²) in [7, 11) is -1.46. The van der Waals surface area contributed by atoms with Gasteiger partial charge in [-0.2, -0.15) is 0 Å². The predicted molar refractivity (Wildman–Crippen MR) is 129 cm³/mol. The molecule has 0 radical (unpaired) electrons. The minimum Gasteiger partial charge on any atom is -0.356 e. The number of hydrogen-bond acceptors (Lipinski definition) is 4. The zero-order valence-corrected chi connectivity index (χ0v) is 19.8. The van der Waals surface area contributed by atoms with Crippen molar-refractivity contribution >= 4 is 37.9 Å². The summed E-state index contributed by atoms with van der Waals surface area (Å²) < 4.78 is 18.2. The van der Waals surface area contributed by atoms with Gasteiger partial charge in [0.25, 0.3) is 0 Å². The number of nitrogens with two attached hydrogens (primary N) is 1. The molecule has 0 aliphatic heterocycles. The van der Waals surface area contributed by atoms with Gasteiger partial charge in [-0.1, -0.05) is 41.6 Å². The van der Waals surface area contributed by atoms with Crippen molar-refractivity contribution in [1.82, 2.24) is 10.1 Å². The first-order valence-corrected chi connectivity index (χ1v) is 12.1. The van der Waals surface area contributed by atoms with E-state index in [0.29, 0.717) is 12.8 Å². The van der Waals surface area contributed by atoms with E-state index in [9.17, 15) is 4.21 Å². The van der Waals surface area contributed by atoms with Crippen LogP contribution in [0.15, 0.2) is 75.9 Å². The van der Waals surface area contributed by atoms with Crippen LogP contribution in [0.25, 0.3) is 22.2 Å². The number of fused-ring (bicyclic) bond motifs is 1. The number of hydrogen-bond donors (Lipinski definition) is 1. The van der Waals surface area contributed by atoms with Crippen LogP contribution in [0.1, 0.15) is 37.4 Å². The van der Waals surface area contributed by atoms with Gasteiger partial charge in [0.05, 0.1) is 15.7 Å². The lowest BCUT2D eigenvalue weighted by atomic mass is 9.83. The third-order valence-electron chi connectivity index (χ3n) is 5.56. The van der Waals surface area contributed by atoms with Crippen molar-refractivity contribution < 1.29 is 8.73 Å². The van der Waals surface area contributed by atoms with Gasteiger partial charge in [-0.3, -0.25) is 10.1 Å². The zero-order chi connectivity index (χ0) is 22.0. The molecule has 7 heteroatoms. The Bertz CT molecular complexity index is 1220. The molecule has 4 rings (SSSR count). The van der Waals surface area contributed by atoms with E-state index in [0.717, 1.165) is 38.0 Å². The van der Waals surface area contributed by atoms with Crippen LogP contribution in [0.4, 0.5) is 0 Å². The molecule has 2 heterocycles. The first kappa shape index (κ1) is 21.9. The maximum Gasteiger partial charge on any atom is 0.167 e. The first-order chi connectivity index (χ1) is 14.8. The number of para-hydroxylation sites is 1. The van der Waals surface area contributed by atoms with Gasteiger partial charge < -0.3 is 4.52 Å². The van der Waals surface area contributed by atoms with Gasteiger partial charge in [-0.25, -0.2) is 4.21 Å². The molecule has 2 aromatic heterocycles. The summed E-state index contributed by atoms with van der Waals surface area (Å²) in [5.41, 5.74) is 4.65. The predicted octanol–water partition coefficient (Wildman–Crippen LogP) is 5.77. The van der Waals surface area contributed by atoms with Gasteiger partial charge in [0.15, 0.2) is 5.58 Å². The minimum atomic E-state index is -1.46. The van der Waals surface area contributed by atoms with E-state index in [1.165, 1.54) is 0 Å². The molecular formula is C24H24BrN3O2S. The summed E-state index contributed by atoms with van der Waals surface area (Å²) in [6.07, 6.45) is 3.14. The molecule has 0 fully saturated rings. The van der Waals surface area contributed by atoms with Crippen LogP contribution >= 0.6 is 15.9 Å². The quantitative estimate of drug-likeness (QED) is 0.351. The Labute approximate surface area is 192 Å². The van der Waals surface area contributed by atoms with Crippen LogP contribution in [0.2, 0.25) is 0 Å². The Morgan fingerprint density at radius 1 is 1.10 bits per heavy atom. The SMILES string of the molecule is CC(C)(C[C@H](Cc1ccc(Br)cn1)c1ccccc1-c1noc2ccccc12)S(N)=O. The van der Waals surface area contributed by atoms with E-state index in [4.69, 9.17) is 9.66 Å². The molecule has 2 aromatic carbocycles. The van der Waals surface area contributed by atoms with Crippen LogP contribution in [-0.2, 0) is 17.4 Å². The molecule has 0 saturated carbocycles. The molecule has 2 atom stereocenters. The standard InChI is InChI=1S/C24H24BrN3O2S/c1-24(2,31(26)29)14-16(13-18-12-11-17(25)15-27-18)19-7-3-4-8-20(19)23-21-9-5-6-10-22(21)30-28-23/h3-12,15-16H,13-14,26H2,1-2H3/t16-,31?/m0/s1. The molecule has 0 amide bonds. The number of nitrogens with zero attached hydrogens (tertiary/aromatic N) is 2. The van der Waals surface area contributed by atoms with Gasteiger partial charge in [0.1, 0.15) is 5.69 Å². The zero-order valence-electron chi connectivity index (χ0n) is 17.4. The molecule has 2 N–H and O–H groups in total. The number of aromatic nitrogens is 2. The highest BCUT2D eigenvalue weighted by Crippen LogP contribution is 2.38. The fraction of sp³-hybridized carbons (Fsp3) is 0.250. The average Bonchev–Trinajstić information content (AvgIpc) is 3.18. The second-order valence-corrected chi connectivity index (χ2v) is 10.9. The fourth-order valence-corrected chi connectivity index (χ4v) is 4.50. The summed E-state index contributed by atoms with van der Waals surface area (Å²) in [4.78, 5) is 4.57. The summed E-state index contributed by atoms with van der Waals surface area (Å²) >= 11 is 3.45. The molecule has 31 heavy (non-hydrogen) atoms. The van der Waals surface area contributed by atoms with E-state index in [2.05, 4.69) is 38.2 Å². The lowest BCUT2D eigenvalue weighted by molar-refractivity contribution is 0.459. The van der Waals surface area contributed by atoms with Gasteiger partial charge >= 0.3 is 0 Å². The highest BCUT2D eigenvalue weighted by molar-refractivity contribution is 9.10. The van der Waals surface area contributed by atoms with Gasteiger partial charge in [-0.05, 0) is 78.4 Å². The van der Waals surface area contributed by atoms with E-state index in [-0.39, 0.29) is 5.92 Å². The highest BCUT2D eigenvalue weighted by atomic mass is 79.9. The summed E-state index contributed by atoms with van der Waals surface area (Å²) in [6, 6.07) is 20.0. The Morgan fingerprint density at radius 3 is 2.58 bits per heavy atom. The van der Waals surface area contributed by atoms with Gasteiger partial charge in [0, 0.05) is 27.3 Å². The second-order valence-electron chi connectivity index (χ2n) is 8.24. The topological polar surface area (TPSA) is 82.0 Å². The maximum absolute atomic E-state index is 12.3. The normalized spacial score (nSPS) is 13.9. The molecule has 0 spiro atoms. The molecular weight excluding hydrogens is 474 g/mol. The number of halogens is 1. The summed E-state index contributed by atoms with van der Waals surface area (Å²) in [5, 5.41) is 11.2. The van der Waals surface area contributed by atoms with E-state index in [1.807, 2.05) is 62.4 Å². The Morgan fingerprint density at radius 2 is 1.84 bits per heavy atom. The molecule has 0 aliphatic carbocycles. The van der Waals surface area contributed by atoms with Crippen molar-refractivity contribution in [3.05, 3.63) is 82.6 Å². The number of pyridine rings is 1. The number of benzene rings is 2. The largest absolute Gasteiger partial charge is 0.356 e. The van der Waals surface area contributed by atoms with Crippen molar-refractivity contribution in [2.75, 3.05) is 0 Å². The van der Waals surface area contributed by atoms with E-state index < -0.39 is 15.7 Å². The van der Waals surface area contributed by atoms with Crippen molar-refractivity contribution in [2.24, 2.45) is 5.14 Å². The van der Waals surface area contributed by atoms with Crippen LogP contribution in [0.3, 0.4) is 0 Å². The van der Waals surface area contributed by atoms with Gasteiger partial charge in [0.2, 0.25) is 0 Å². The molecule has 0 saturated heterocycles. The summed E-state index contributed by atoms with van der Waals surface area (Å²) in [6.45, 7) is 3.89. The monoisotopic (exact) mass is 497 g/mol.